The minimum atomic E-state index is -0.874. The van der Waals surface area contributed by atoms with E-state index in [2.05, 4.69) is 0 Å². The van der Waals surface area contributed by atoms with Crippen LogP contribution in [0.15, 0.2) is 30.3 Å². The number of nitrogens with two attached hydrogens (primary N) is 1. The molecule has 0 bridgehead atoms. The molecule has 0 aromatic heterocycles. The lowest BCUT2D eigenvalue weighted by atomic mass is 9.67. The van der Waals surface area contributed by atoms with Gasteiger partial charge in [0.2, 0.25) is 0 Å². The number of rotatable bonds is 5. The highest BCUT2D eigenvalue weighted by Crippen LogP contribution is 2.44. The van der Waals surface area contributed by atoms with E-state index in [0.29, 0.717) is 32.5 Å². The normalized spacial score (nSPS) is 21.4. The van der Waals surface area contributed by atoms with Gasteiger partial charge in [-0.15, -0.1) is 0 Å². The summed E-state index contributed by atoms with van der Waals surface area (Å²) in [6.45, 7) is 8.68. The maximum Gasteiger partial charge on any atom is 0.410 e. The predicted molar refractivity (Wildman–Crippen MR) is 104 cm³/mol. The van der Waals surface area contributed by atoms with Crippen molar-refractivity contribution in [3.05, 3.63) is 35.9 Å². The first-order valence-electron chi connectivity index (χ1n) is 9.63. The van der Waals surface area contributed by atoms with Gasteiger partial charge in [0.25, 0.3) is 0 Å². The lowest BCUT2D eigenvalue weighted by Crippen LogP contribution is -2.55. The Hall–Kier alpha value is -2.08. The van der Waals surface area contributed by atoms with Crippen LogP contribution in [0.5, 0.6) is 0 Å². The molecule has 6 heteroatoms. The molecule has 1 aromatic carbocycles. The molecule has 2 atom stereocenters. The Kier molecular flexibility index (Phi) is 6.87. The van der Waals surface area contributed by atoms with Crippen LogP contribution < -0.4 is 5.73 Å². The molecule has 1 aliphatic rings. The molecule has 0 radical (unpaired) electrons. The molecule has 0 spiro atoms. The van der Waals surface area contributed by atoms with E-state index in [1.54, 1.807) is 11.8 Å². The molecule has 6 nitrogen and oxygen atoms in total. The van der Waals surface area contributed by atoms with Crippen molar-refractivity contribution in [3.63, 3.8) is 0 Å². The summed E-state index contributed by atoms with van der Waals surface area (Å²) in [6.07, 6.45) is 0.920. The first-order valence-corrected chi connectivity index (χ1v) is 9.63. The molecule has 1 aromatic rings. The van der Waals surface area contributed by atoms with Gasteiger partial charge in [-0.05, 0) is 46.1 Å². The predicted octanol–water partition coefficient (Wildman–Crippen LogP) is 3.31. The second-order valence-electron chi connectivity index (χ2n) is 8.08. The molecule has 1 fully saturated rings. The fourth-order valence-electron chi connectivity index (χ4n) is 3.80. The van der Waals surface area contributed by atoms with Crippen molar-refractivity contribution < 1.29 is 19.1 Å². The Bertz CT molecular complexity index is 641. The molecule has 1 heterocycles. The van der Waals surface area contributed by atoms with Crippen LogP contribution in [0.4, 0.5) is 4.79 Å². The first kappa shape index (κ1) is 21.2. The Labute approximate surface area is 162 Å². The van der Waals surface area contributed by atoms with Crippen molar-refractivity contribution in [1.29, 1.82) is 0 Å². The van der Waals surface area contributed by atoms with E-state index in [4.69, 9.17) is 15.2 Å². The zero-order valence-electron chi connectivity index (χ0n) is 16.9. The van der Waals surface area contributed by atoms with Crippen LogP contribution >= 0.6 is 0 Å². The fourth-order valence-corrected chi connectivity index (χ4v) is 3.80. The fraction of sp³-hybridized carbons (Fsp3) is 0.619. The summed E-state index contributed by atoms with van der Waals surface area (Å²) < 4.78 is 11.0. The zero-order valence-corrected chi connectivity index (χ0v) is 16.9. The number of carbonyl (C=O) groups excluding carboxylic acids is 2. The monoisotopic (exact) mass is 376 g/mol. The van der Waals surface area contributed by atoms with Gasteiger partial charge in [-0.1, -0.05) is 30.3 Å². The van der Waals surface area contributed by atoms with Crippen LogP contribution in [0.2, 0.25) is 0 Å². The number of hydrogen-bond acceptors (Lipinski definition) is 5. The molecule has 1 aliphatic heterocycles. The third kappa shape index (κ3) is 5.01. The molecule has 1 saturated heterocycles. The first-order chi connectivity index (χ1) is 12.7. The van der Waals surface area contributed by atoms with Gasteiger partial charge in [0.15, 0.2) is 0 Å². The molecule has 2 N–H and O–H groups in total. The van der Waals surface area contributed by atoms with Crippen LogP contribution in [0.1, 0.15) is 52.0 Å². The van der Waals surface area contributed by atoms with Crippen molar-refractivity contribution in [2.75, 3.05) is 26.2 Å². The largest absolute Gasteiger partial charge is 0.465 e. The molecule has 2 rings (SSSR count). The summed E-state index contributed by atoms with van der Waals surface area (Å²) in [5, 5.41) is 0. The van der Waals surface area contributed by atoms with Crippen molar-refractivity contribution in [2.45, 2.75) is 52.1 Å². The second kappa shape index (κ2) is 8.74. The van der Waals surface area contributed by atoms with Gasteiger partial charge in [0.05, 0.1) is 12.0 Å². The molecule has 1 amide bonds. The molecular weight excluding hydrogens is 344 g/mol. The van der Waals surface area contributed by atoms with Gasteiger partial charge in [-0.3, -0.25) is 4.79 Å². The van der Waals surface area contributed by atoms with E-state index in [1.165, 1.54) is 0 Å². The summed E-state index contributed by atoms with van der Waals surface area (Å²) >= 11 is 0. The Morgan fingerprint density at radius 3 is 2.48 bits per heavy atom. The van der Waals surface area contributed by atoms with Gasteiger partial charge in [0.1, 0.15) is 5.60 Å². The van der Waals surface area contributed by atoms with E-state index >= 15 is 0 Å². The number of benzene rings is 1. The highest BCUT2D eigenvalue weighted by atomic mass is 16.6. The van der Waals surface area contributed by atoms with Gasteiger partial charge in [-0.25, -0.2) is 4.79 Å². The molecule has 150 valence electrons. The van der Waals surface area contributed by atoms with Crippen LogP contribution in [0.3, 0.4) is 0 Å². The van der Waals surface area contributed by atoms with Crippen LogP contribution in [-0.2, 0) is 14.3 Å². The highest BCUT2D eigenvalue weighted by molar-refractivity contribution is 5.80. The summed E-state index contributed by atoms with van der Waals surface area (Å²) in [5.74, 6) is -0.527. The Balaban J connectivity index is 2.38. The summed E-state index contributed by atoms with van der Waals surface area (Å²) in [7, 11) is 0. The van der Waals surface area contributed by atoms with Gasteiger partial charge in [0, 0.05) is 25.6 Å². The van der Waals surface area contributed by atoms with Crippen molar-refractivity contribution in [3.8, 4) is 0 Å². The van der Waals surface area contributed by atoms with E-state index in [1.807, 2.05) is 51.1 Å². The highest BCUT2D eigenvalue weighted by Gasteiger charge is 2.51. The number of nitrogens with zero attached hydrogens (tertiary/aromatic N) is 1. The molecule has 0 saturated carbocycles. The van der Waals surface area contributed by atoms with E-state index < -0.39 is 17.1 Å². The number of hydrogen-bond donors (Lipinski definition) is 1. The van der Waals surface area contributed by atoms with Gasteiger partial charge >= 0.3 is 12.1 Å². The lowest BCUT2D eigenvalue weighted by molar-refractivity contribution is -0.160. The average Bonchev–Trinajstić information content (AvgIpc) is 2.62. The molecular formula is C21H32N2O4. The number of ether oxygens (including phenoxy) is 2. The Morgan fingerprint density at radius 2 is 1.93 bits per heavy atom. The number of carbonyl (C=O) groups is 2. The average molecular weight is 376 g/mol. The maximum absolute atomic E-state index is 13.1. The van der Waals surface area contributed by atoms with Crippen LogP contribution in [0.25, 0.3) is 0 Å². The third-order valence-electron chi connectivity index (χ3n) is 4.96. The second-order valence-corrected chi connectivity index (χ2v) is 8.08. The van der Waals surface area contributed by atoms with Gasteiger partial charge < -0.3 is 20.1 Å². The SMILES string of the molecule is CCOC(=O)C1(C(CN)c2ccccc2)CCCN(C(=O)OC(C)(C)C)C1. The topological polar surface area (TPSA) is 81.9 Å². The standard InChI is InChI=1S/C21H32N2O4/c1-5-26-18(24)21(17(14-22)16-10-7-6-8-11-16)12-9-13-23(15-21)19(25)27-20(2,3)4/h6-8,10-11,17H,5,9,12-15,22H2,1-4H3. The van der Waals surface area contributed by atoms with Crippen molar-refractivity contribution >= 4 is 12.1 Å². The molecule has 2 unspecified atom stereocenters. The minimum absolute atomic E-state index is 0.233. The van der Waals surface area contributed by atoms with Gasteiger partial charge in [-0.2, -0.15) is 0 Å². The van der Waals surface area contributed by atoms with Crippen molar-refractivity contribution in [1.82, 2.24) is 4.90 Å². The molecule has 27 heavy (non-hydrogen) atoms. The number of amides is 1. The quantitative estimate of drug-likeness (QED) is 0.797. The smallest absolute Gasteiger partial charge is 0.410 e. The minimum Gasteiger partial charge on any atom is -0.465 e. The molecule has 0 aliphatic carbocycles. The van der Waals surface area contributed by atoms with Crippen molar-refractivity contribution in [2.24, 2.45) is 11.1 Å². The summed E-state index contributed by atoms with van der Waals surface area (Å²) in [6, 6.07) is 9.76. The van der Waals surface area contributed by atoms with E-state index in [0.717, 1.165) is 5.56 Å². The van der Waals surface area contributed by atoms with Crippen LogP contribution in [-0.4, -0.2) is 48.8 Å². The summed E-state index contributed by atoms with van der Waals surface area (Å²) in [5.41, 5.74) is 5.66. The van der Waals surface area contributed by atoms with E-state index in [-0.39, 0.29) is 18.4 Å². The lowest BCUT2D eigenvalue weighted by Gasteiger charge is -2.45. The van der Waals surface area contributed by atoms with Crippen LogP contribution in [0, 0.1) is 5.41 Å². The number of likely N-dealkylation sites (tertiary alicyclic amines) is 1. The number of esters is 1. The zero-order chi connectivity index (χ0) is 20.1. The Morgan fingerprint density at radius 1 is 1.26 bits per heavy atom. The maximum atomic E-state index is 13.1. The third-order valence-corrected chi connectivity index (χ3v) is 4.96. The van der Waals surface area contributed by atoms with E-state index in [9.17, 15) is 9.59 Å². The summed E-state index contributed by atoms with van der Waals surface area (Å²) in [4.78, 5) is 27.4. The number of piperidine rings is 1.